The number of hydrogen-bond donors (Lipinski definition) is 2. The highest BCUT2D eigenvalue weighted by atomic mass is 16.3. The molecule has 3 atom stereocenters. The van der Waals surface area contributed by atoms with Crippen molar-refractivity contribution < 1.29 is 9.90 Å². The molecule has 2 aliphatic carbocycles. The summed E-state index contributed by atoms with van der Waals surface area (Å²) in [5.41, 5.74) is 3.73. The fourth-order valence-corrected chi connectivity index (χ4v) is 3.65. The Kier molecular flexibility index (Phi) is 3.24. The van der Waals surface area contributed by atoms with Crippen LogP contribution in [0.3, 0.4) is 0 Å². The Balaban J connectivity index is 1.56. The molecule has 0 unspecified atom stereocenters. The molecule has 2 fully saturated rings. The third-order valence-electron chi connectivity index (χ3n) is 4.90. The number of hydrogen-bond acceptors (Lipinski definition) is 3. The first-order chi connectivity index (χ1) is 9.61. The van der Waals surface area contributed by atoms with E-state index in [4.69, 9.17) is 0 Å². The highest BCUT2D eigenvalue weighted by Gasteiger charge is 2.64. The largest absolute Gasteiger partial charge is 0.508 e. The zero-order valence-electron chi connectivity index (χ0n) is 11.7. The molecule has 2 aliphatic rings. The van der Waals surface area contributed by atoms with Gasteiger partial charge in [-0.15, -0.1) is 0 Å². The Bertz CT molecular complexity index is 538. The van der Waals surface area contributed by atoms with E-state index < -0.39 is 0 Å². The van der Waals surface area contributed by atoms with E-state index in [9.17, 15) is 9.90 Å². The summed E-state index contributed by atoms with van der Waals surface area (Å²) in [5.74, 6) is 0.970. The number of benzene rings is 1. The highest BCUT2D eigenvalue weighted by molar-refractivity contribution is 5.85. The molecular weight excluding hydrogens is 252 g/mol. The van der Waals surface area contributed by atoms with Crippen molar-refractivity contribution in [2.24, 2.45) is 22.4 Å². The lowest BCUT2D eigenvalue weighted by Crippen LogP contribution is -2.22. The Morgan fingerprint density at radius 3 is 2.80 bits per heavy atom. The fraction of sp³-hybridized carbons (Fsp3) is 0.500. The van der Waals surface area contributed by atoms with Gasteiger partial charge in [-0.3, -0.25) is 4.79 Å². The van der Waals surface area contributed by atoms with E-state index in [1.165, 1.54) is 19.3 Å². The Morgan fingerprint density at radius 1 is 1.40 bits per heavy atom. The number of phenols is 1. The highest BCUT2D eigenvalue weighted by Crippen LogP contribution is 2.66. The molecule has 3 rings (SSSR count). The standard InChI is InChI=1S/C16H20N2O2/c1-16-9-3-2-4-13(16)14(16)15(20)18-17-10-11-5-7-12(19)8-6-11/h5-8,10,13-14,19H,2-4,9H2,1H3,(H,18,20)/b17-10+/t13-,14-,16-/m1/s1. The summed E-state index contributed by atoms with van der Waals surface area (Å²) in [6.45, 7) is 2.23. The van der Waals surface area contributed by atoms with Crippen LogP contribution in [-0.2, 0) is 4.79 Å². The van der Waals surface area contributed by atoms with Crippen molar-refractivity contribution in [3.05, 3.63) is 29.8 Å². The van der Waals surface area contributed by atoms with Crippen LogP contribution in [0.25, 0.3) is 0 Å². The van der Waals surface area contributed by atoms with Crippen LogP contribution in [-0.4, -0.2) is 17.2 Å². The Labute approximate surface area is 118 Å². The summed E-state index contributed by atoms with van der Waals surface area (Å²) in [7, 11) is 0. The van der Waals surface area contributed by atoms with E-state index in [-0.39, 0.29) is 23.0 Å². The molecule has 0 bridgehead atoms. The lowest BCUT2D eigenvalue weighted by atomic mass is 9.90. The number of carbonyl (C=O) groups excluding carboxylic acids is 1. The molecule has 0 saturated heterocycles. The number of carbonyl (C=O) groups is 1. The first-order valence-electron chi connectivity index (χ1n) is 7.23. The van der Waals surface area contributed by atoms with E-state index >= 15 is 0 Å². The number of aromatic hydroxyl groups is 1. The number of nitrogens with one attached hydrogen (secondary N) is 1. The van der Waals surface area contributed by atoms with Gasteiger partial charge in [0, 0.05) is 5.92 Å². The first-order valence-corrected chi connectivity index (χ1v) is 7.23. The van der Waals surface area contributed by atoms with Crippen molar-refractivity contribution in [2.45, 2.75) is 32.6 Å². The quantitative estimate of drug-likeness (QED) is 0.656. The molecule has 0 radical (unpaired) electrons. The second kappa shape index (κ2) is 4.93. The SMILES string of the molecule is C[C@@]12CCCC[C@@H]1[C@@H]2C(=O)N/N=C/c1ccc(O)cc1. The average Bonchev–Trinajstić information content (AvgIpc) is 3.06. The minimum Gasteiger partial charge on any atom is -0.508 e. The number of rotatable bonds is 3. The van der Waals surface area contributed by atoms with Crippen LogP contribution in [0, 0.1) is 17.3 Å². The molecule has 4 heteroatoms. The molecule has 4 nitrogen and oxygen atoms in total. The van der Waals surface area contributed by atoms with Crippen molar-refractivity contribution in [2.75, 3.05) is 0 Å². The van der Waals surface area contributed by atoms with Gasteiger partial charge in [0.1, 0.15) is 5.75 Å². The number of amides is 1. The minimum atomic E-state index is 0.0504. The maximum atomic E-state index is 12.2. The lowest BCUT2D eigenvalue weighted by molar-refractivity contribution is -0.123. The van der Waals surface area contributed by atoms with Gasteiger partial charge in [0.2, 0.25) is 5.91 Å². The zero-order chi connectivity index (χ0) is 14.2. The molecule has 106 valence electrons. The predicted octanol–water partition coefficient (Wildman–Crippen LogP) is 2.67. The Hall–Kier alpha value is -1.84. The third kappa shape index (κ3) is 2.30. The summed E-state index contributed by atoms with van der Waals surface area (Å²) in [4.78, 5) is 12.2. The molecule has 0 aliphatic heterocycles. The van der Waals surface area contributed by atoms with Gasteiger partial charge in [-0.25, -0.2) is 5.43 Å². The average molecular weight is 272 g/mol. The molecule has 0 aromatic heterocycles. The van der Waals surface area contributed by atoms with Crippen molar-refractivity contribution in [1.82, 2.24) is 5.43 Å². The van der Waals surface area contributed by atoms with Crippen molar-refractivity contribution in [3.8, 4) is 5.75 Å². The first kappa shape index (κ1) is 13.2. The van der Waals surface area contributed by atoms with Gasteiger partial charge in [0.25, 0.3) is 0 Å². The van der Waals surface area contributed by atoms with Crippen LogP contribution in [0.1, 0.15) is 38.2 Å². The number of hydrazone groups is 1. The maximum Gasteiger partial charge on any atom is 0.244 e. The second-order valence-corrected chi connectivity index (χ2v) is 6.16. The topological polar surface area (TPSA) is 61.7 Å². The lowest BCUT2D eigenvalue weighted by Gasteiger charge is -2.15. The summed E-state index contributed by atoms with van der Waals surface area (Å²) < 4.78 is 0. The van der Waals surface area contributed by atoms with E-state index in [0.29, 0.717) is 5.92 Å². The Morgan fingerprint density at radius 2 is 2.15 bits per heavy atom. The van der Waals surface area contributed by atoms with Gasteiger partial charge in [-0.2, -0.15) is 5.10 Å². The van der Waals surface area contributed by atoms with Crippen molar-refractivity contribution >= 4 is 12.1 Å². The summed E-state index contributed by atoms with van der Waals surface area (Å²) >= 11 is 0. The van der Waals surface area contributed by atoms with Gasteiger partial charge in [0.15, 0.2) is 0 Å². The smallest absolute Gasteiger partial charge is 0.244 e. The van der Waals surface area contributed by atoms with Gasteiger partial charge in [-0.1, -0.05) is 19.8 Å². The minimum absolute atomic E-state index is 0.0504. The molecule has 1 aromatic rings. The van der Waals surface area contributed by atoms with Crippen molar-refractivity contribution in [3.63, 3.8) is 0 Å². The van der Waals surface area contributed by atoms with Crippen LogP contribution >= 0.6 is 0 Å². The second-order valence-electron chi connectivity index (χ2n) is 6.16. The van der Waals surface area contributed by atoms with Crippen LogP contribution in [0.5, 0.6) is 5.75 Å². The summed E-state index contributed by atoms with van der Waals surface area (Å²) in [6, 6.07) is 6.70. The van der Waals surface area contributed by atoms with Gasteiger partial charge >= 0.3 is 0 Å². The maximum absolute atomic E-state index is 12.2. The number of nitrogens with zero attached hydrogens (tertiary/aromatic N) is 1. The number of phenolic OH excluding ortho intramolecular Hbond substituents is 1. The molecule has 0 spiro atoms. The predicted molar refractivity (Wildman–Crippen MR) is 77.4 cm³/mol. The summed E-state index contributed by atoms with van der Waals surface area (Å²) in [6.07, 6.45) is 6.44. The van der Waals surface area contributed by atoms with Gasteiger partial charge in [-0.05, 0) is 54.0 Å². The molecule has 2 N–H and O–H groups in total. The van der Waals surface area contributed by atoms with Crippen LogP contribution in [0.15, 0.2) is 29.4 Å². The van der Waals surface area contributed by atoms with E-state index in [1.807, 2.05) is 0 Å². The van der Waals surface area contributed by atoms with Gasteiger partial charge in [0.05, 0.1) is 6.21 Å². The van der Waals surface area contributed by atoms with E-state index in [2.05, 4.69) is 17.5 Å². The molecule has 1 aromatic carbocycles. The van der Waals surface area contributed by atoms with E-state index in [0.717, 1.165) is 12.0 Å². The molecule has 20 heavy (non-hydrogen) atoms. The number of fused-ring (bicyclic) bond motifs is 1. The van der Waals surface area contributed by atoms with E-state index in [1.54, 1.807) is 30.5 Å². The van der Waals surface area contributed by atoms with Crippen LogP contribution in [0.2, 0.25) is 0 Å². The molecule has 2 saturated carbocycles. The summed E-state index contributed by atoms with van der Waals surface area (Å²) in [5, 5.41) is 13.2. The fourth-order valence-electron chi connectivity index (χ4n) is 3.65. The van der Waals surface area contributed by atoms with Crippen LogP contribution in [0.4, 0.5) is 0 Å². The van der Waals surface area contributed by atoms with Crippen molar-refractivity contribution in [1.29, 1.82) is 0 Å². The van der Waals surface area contributed by atoms with Gasteiger partial charge < -0.3 is 5.11 Å². The van der Waals surface area contributed by atoms with Crippen LogP contribution < -0.4 is 5.43 Å². The third-order valence-corrected chi connectivity index (χ3v) is 4.90. The monoisotopic (exact) mass is 272 g/mol. The zero-order valence-corrected chi connectivity index (χ0v) is 11.7. The molecular formula is C16H20N2O2. The molecule has 1 amide bonds. The molecule has 0 heterocycles. The normalized spacial score (nSPS) is 31.9.